The Morgan fingerprint density at radius 3 is 2.49 bits per heavy atom. The summed E-state index contributed by atoms with van der Waals surface area (Å²) in [5, 5.41) is 2.43. The molecule has 9 nitrogen and oxygen atoms in total. The highest BCUT2D eigenvalue weighted by atomic mass is 35.5. The van der Waals surface area contributed by atoms with Crippen molar-refractivity contribution in [1.82, 2.24) is 13.9 Å². The predicted molar refractivity (Wildman–Crippen MR) is 128 cm³/mol. The second-order valence-electron chi connectivity index (χ2n) is 8.32. The van der Waals surface area contributed by atoms with Crippen molar-refractivity contribution in [2.24, 2.45) is 0 Å². The number of imidazole rings is 1. The maximum atomic E-state index is 13.4. The molecular weight excluding hydrogens is 537 g/mol. The van der Waals surface area contributed by atoms with E-state index in [1.807, 2.05) is 0 Å². The number of alkyl halides is 3. The number of aromatic nitrogens is 2. The van der Waals surface area contributed by atoms with Crippen LogP contribution in [0.3, 0.4) is 0 Å². The highest BCUT2D eigenvalue weighted by Gasteiger charge is 2.38. The molecule has 3 aromatic rings. The lowest BCUT2D eigenvalue weighted by atomic mass is 10.2. The lowest BCUT2D eigenvalue weighted by molar-refractivity contribution is -0.152. The summed E-state index contributed by atoms with van der Waals surface area (Å²) in [6, 6.07) is 9.63. The van der Waals surface area contributed by atoms with Gasteiger partial charge in [-0.1, -0.05) is 30.2 Å². The number of piperidine rings is 1. The fourth-order valence-electron chi connectivity index (χ4n) is 3.97. The predicted octanol–water partition coefficient (Wildman–Crippen LogP) is 4.07. The normalized spacial score (nSPS) is 15.0. The first kappa shape index (κ1) is 26.9. The van der Waals surface area contributed by atoms with E-state index >= 15 is 0 Å². The first-order chi connectivity index (χ1) is 17.5. The number of nitrogens with one attached hydrogen (secondary N) is 1. The zero-order chi connectivity index (χ0) is 26.8. The number of benzene rings is 2. The summed E-state index contributed by atoms with van der Waals surface area (Å²) in [5.74, 6) is -3.22. The van der Waals surface area contributed by atoms with E-state index in [1.54, 1.807) is 0 Å². The number of halogens is 4. The van der Waals surface area contributed by atoms with Gasteiger partial charge in [0.25, 0.3) is 5.91 Å². The summed E-state index contributed by atoms with van der Waals surface area (Å²) in [6.07, 6.45) is -2.36. The van der Waals surface area contributed by atoms with Gasteiger partial charge in [0.1, 0.15) is 6.54 Å². The van der Waals surface area contributed by atoms with Gasteiger partial charge in [-0.15, -0.1) is 0 Å². The average molecular weight is 559 g/mol. The minimum absolute atomic E-state index is 0.0132. The quantitative estimate of drug-likeness (QED) is 0.438. The fourth-order valence-corrected chi connectivity index (χ4v) is 5.68. The number of nitrogens with zero attached hydrogens (tertiary/aromatic N) is 3. The zero-order valence-electron chi connectivity index (χ0n) is 19.3. The summed E-state index contributed by atoms with van der Waals surface area (Å²) in [4.78, 5) is 28.1. The minimum atomic E-state index is -4.81. The first-order valence-corrected chi connectivity index (χ1v) is 13.1. The van der Waals surface area contributed by atoms with E-state index in [-0.39, 0.29) is 26.6 Å². The molecule has 14 heteroatoms. The summed E-state index contributed by atoms with van der Waals surface area (Å²) in [5.41, 5.74) is 0.116. The molecule has 4 rings (SSSR count). The molecule has 0 bridgehead atoms. The van der Waals surface area contributed by atoms with Crippen LogP contribution < -0.4 is 5.32 Å². The molecule has 2 aromatic carbocycles. The summed E-state index contributed by atoms with van der Waals surface area (Å²) in [6.45, 7) is -0.866. The molecule has 0 aliphatic carbocycles. The highest BCUT2D eigenvalue weighted by Crippen LogP contribution is 2.32. The number of esters is 1. The Labute approximate surface area is 215 Å². The van der Waals surface area contributed by atoms with E-state index in [2.05, 4.69) is 10.3 Å². The van der Waals surface area contributed by atoms with Gasteiger partial charge in [-0.25, -0.2) is 13.4 Å². The van der Waals surface area contributed by atoms with Crippen molar-refractivity contribution in [3.05, 3.63) is 53.3 Å². The van der Waals surface area contributed by atoms with Crippen LogP contribution in [0.15, 0.2) is 47.4 Å². The third-order valence-electron chi connectivity index (χ3n) is 5.72. The SMILES string of the molecule is O=C(COC(=O)Cn1c(C(F)(F)F)nc2ccccc21)Nc1cc(S(=O)(=O)N2CCCCC2)ccc1Cl. The molecule has 198 valence electrons. The number of ether oxygens (including phenoxy) is 1. The topological polar surface area (TPSA) is 111 Å². The maximum Gasteiger partial charge on any atom is 0.449 e. The zero-order valence-corrected chi connectivity index (χ0v) is 20.9. The van der Waals surface area contributed by atoms with Gasteiger partial charge in [0, 0.05) is 13.1 Å². The Kier molecular flexibility index (Phi) is 7.76. The maximum absolute atomic E-state index is 13.4. The van der Waals surface area contributed by atoms with E-state index in [0.717, 1.165) is 19.3 Å². The number of anilines is 1. The summed E-state index contributed by atoms with van der Waals surface area (Å²) in [7, 11) is -3.79. The Morgan fingerprint density at radius 1 is 1.08 bits per heavy atom. The van der Waals surface area contributed by atoms with Crippen LogP contribution in [0.5, 0.6) is 0 Å². The molecule has 1 amide bonds. The lowest BCUT2D eigenvalue weighted by Gasteiger charge is -2.26. The van der Waals surface area contributed by atoms with Crippen LogP contribution in [-0.2, 0) is 37.1 Å². The van der Waals surface area contributed by atoms with Gasteiger partial charge < -0.3 is 14.6 Å². The van der Waals surface area contributed by atoms with Gasteiger partial charge in [0.15, 0.2) is 6.61 Å². The largest absolute Gasteiger partial charge is 0.454 e. The number of sulfonamides is 1. The number of carbonyl (C=O) groups is 2. The van der Waals surface area contributed by atoms with Crippen LogP contribution in [0, 0.1) is 0 Å². The van der Waals surface area contributed by atoms with Crippen molar-refractivity contribution in [1.29, 1.82) is 0 Å². The molecule has 1 aliphatic rings. The number of amides is 1. The number of rotatable bonds is 7. The van der Waals surface area contributed by atoms with E-state index in [4.69, 9.17) is 16.3 Å². The van der Waals surface area contributed by atoms with Gasteiger partial charge in [0.05, 0.1) is 26.6 Å². The molecular formula is C23H22ClF3N4O5S. The molecule has 1 fully saturated rings. The van der Waals surface area contributed by atoms with Gasteiger partial charge in [-0.05, 0) is 43.2 Å². The molecule has 2 heterocycles. The first-order valence-electron chi connectivity index (χ1n) is 11.2. The van der Waals surface area contributed by atoms with Crippen molar-refractivity contribution in [3.8, 4) is 0 Å². The lowest BCUT2D eigenvalue weighted by Crippen LogP contribution is -2.35. The number of carbonyl (C=O) groups excluding carboxylic acids is 2. The van der Waals surface area contributed by atoms with Crippen LogP contribution in [0.2, 0.25) is 5.02 Å². The molecule has 1 aromatic heterocycles. The van der Waals surface area contributed by atoms with Crippen molar-refractivity contribution in [3.63, 3.8) is 0 Å². The monoisotopic (exact) mass is 558 g/mol. The molecule has 0 spiro atoms. The van der Waals surface area contributed by atoms with E-state index in [0.29, 0.717) is 17.7 Å². The number of para-hydroxylation sites is 2. The molecule has 1 saturated heterocycles. The van der Waals surface area contributed by atoms with Gasteiger partial charge in [-0.2, -0.15) is 17.5 Å². The van der Waals surface area contributed by atoms with Crippen molar-refractivity contribution in [2.45, 2.75) is 36.9 Å². The van der Waals surface area contributed by atoms with Crippen LogP contribution >= 0.6 is 11.6 Å². The Morgan fingerprint density at radius 2 is 1.78 bits per heavy atom. The van der Waals surface area contributed by atoms with Crippen LogP contribution in [0.4, 0.5) is 18.9 Å². The Bertz CT molecular complexity index is 1440. The Hall–Kier alpha value is -3.16. The Balaban J connectivity index is 1.42. The second-order valence-corrected chi connectivity index (χ2v) is 10.7. The molecule has 1 aliphatic heterocycles. The molecule has 0 radical (unpaired) electrons. The smallest absolute Gasteiger partial charge is 0.449 e. The average Bonchev–Trinajstić information content (AvgIpc) is 3.23. The van der Waals surface area contributed by atoms with Crippen LogP contribution in [-0.4, -0.2) is 53.8 Å². The van der Waals surface area contributed by atoms with Gasteiger partial charge in [0.2, 0.25) is 15.8 Å². The summed E-state index contributed by atoms with van der Waals surface area (Å²) < 4.78 is 72.9. The van der Waals surface area contributed by atoms with Gasteiger partial charge in [-0.3, -0.25) is 9.59 Å². The number of fused-ring (bicyclic) bond motifs is 1. The third kappa shape index (κ3) is 6.05. The van der Waals surface area contributed by atoms with E-state index in [1.165, 1.54) is 46.8 Å². The summed E-state index contributed by atoms with van der Waals surface area (Å²) >= 11 is 6.10. The fraction of sp³-hybridized carbons (Fsp3) is 0.348. The third-order valence-corrected chi connectivity index (χ3v) is 7.95. The van der Waals surface area contributed by atoms with Crippen molar-refractivity contribution < 1.29 is 35.9 Å². The minimum Gasteiger partial charge on any atom is -0.454 e. The number of hydrogen-bond acceptors (Lipinski definition) is 6. The second kappa shape index (κ2) is 10.7. The van der Waals surface area contributed by atoms with Crippen LogP contribution in [0.25, 0.3) is 11.0 Å². The van der Waals surface area contributed by atoms with Crippen molar-refractivity contribution in [2.75, 3.05) is 25.0 Å². The molecule has 1 N–H and O–H groups in total. The molecule has 0 saturated carbocycles. The molecule has 37 heavy (non-hydrogen) atoms. The molecule has 0 unspecified atom stereocenters. The van der Waals surface area contributed by atoms with E-state index < -0.39 is 47.1 Å². The number of hydrogen-bond donors (Lipinski definition) is 1. The standard InChI is InChI=1S/C23H22ClF3N4O5S/c24-16-9-8-15(37(34,35)30-10-4-1-5-11-30)12-18(16)28-20(32)14-36-21(33)13-31-19-7-3-2-6-17(19)29-22(31)23(25,26)27/h2-3,6-9,12H,1,4-5,10-11,13-14H2,(H,28,32). The molecule has 0 atom stereocenters. The highest BCUT2D eigenvalue weighted by molar-refractivity contribution is 7.89. The van der Waals surface area contributed by atoms with Crippen molar-refractivity contribution >= 4 is 50.2 Å². The van der Waals surface area contributed by atoms with Crippen LogP contribution in [0.1, 0.15) is 25.1 Å². The van der Waals surface area contributed by atoms with Gasteiger partial charge >= 0.3 is 12.1 Å². The van der Waals surface area contributed by atoms with E-state index in [9.17, 15) is 31.2 Å².